The van der Waals surface area contributed by atoms with Crippen LogP contribution in [-0.2, 0) is 17.8 Å². The normalized spacial score (nSPS) is 12.4. The van der Waals surface area contributed by atoms with Crippen LogP contribution in [0.25, 0.3) is 0 Å². The molecule has 0 spiro atoms. The van der Waals surface area contributed by atoms with E-state index in [1.165, 1.54) is 11.1 Å². The molecule has 1 aromatic rings. The molecule has 94 valence electrons. The quantitative estimate of drug-likeness (QED) is 0.661. The Morgan fingerprint density at radius 1 is 1.29 bits per heavy atom. The van der Waals surface area contributed by atoms with Crippen molar-refractivity contribution >= 4 is 5.97 Å². The lowest BCUT2D eigenvalue weighted by molar-refractivity contribution is -0.139. The van der Waals surface area contributed by atoms with E-state index >= 15 is 0 Å². The van der Waals surface area contributed by atoms with Gasteiger partial charge in [-0.2, -0.15) is 0 Å². The van der Waals surface area contributed by atoms with Gasteiger partial charge in [-0.05, 0) is 24.6 Å². The first-order valence-electron chi connectivity index (χ1n) is 5.86. The van der Waals surface area contributed by atoms with Gasteiger partial charge in [0.15, 0.2) is 0 Å². The smallest absolute Gasteiger partial charge is 0.322 e. The highest BCUT2D eigenvalue weighted by Crippen LogP contribution is 2.04. The van der Waals surface area contributed by atoms with Crippen LogP contribution in [0.2, 0.25) is 0 Å². The SMILES string of the molecule is CCc1ccc(CNCC(NC)C(=O)O)cc1. The maximum absolute atomic E-state index is 10.8. The Bertz CT molecular complexity index is 349. The second-order valence-electron chi connectivity index (χ2n) is 3.98. The van der Waals surface area contributed by atoms with Gasteiger partial charge in [-0.15, -0.1) is 0 Å². The second-order valence-corrected chi connectivity index (χ2v) is 3.98. The lowest BCUT2D eigenvalue weighted by atomic mass is 10.1. The van der Waals surface area contributed by atoms with Gasteiger partial charge in [0, 0.05) is 13.1 Å². The molecule has 1 atom stereocenters. The Morgan fingerprint density at radius 3 is 2.35 bits per heavy atom. The van der Waals surface area contributed by atoms with Crippen molar-refractivity contribution in [1.29, 1.82) is 0 Å². The summed E-state index contributed by atoms with van der Waals surface area (Å²) in [5.41, 5.74) is 2.48. The first-order valence-corrected chi connectivity index (χ1v) is 5.86. The van der Waals surface area contributed by atoms with E-state index in [1.807, 2.05) is 0 Å². The summed E-state index contributed by atoms with van der Waals surface area (Å²) in [4.78, 5) is 10.8. The second kappa shape index (κ2) is 7.04. The summed E-state index contributed by atoms with van der Waals surface area (Å²) in [7, 11) is 1.65. The molecule has 3 N–H and O–H groups in total. The first kappa shape index (κ1) is 13.7. The maximum atomic E-state index is 10.8. The summed E-state index contributed by atoms with van der Waals surface area (Å²) in [6.45, 7) is 3.23. The standard InChI is InChI=1S/C13H20N2O2/c1-3-10-4-6-11(7-5-10)8-15-9-12(14-2)13(16)17/h4-7,12,14-15H,3,8-9H2,1-2H3,(H,16,17). The van der Waals surface area contributed by atoms with Crippen molar-refractivity contribution < 1.29 is 9.90 Å². The summed E-state index contributed by atoms with van der Waals surface area (Å²) in [6.07, 6.45) is 1.04. The van der Waals surface area contributed by atoms with Crippen molar-refractivity contribution in [3.63, 3.8) is 0 Å². The molecule has 0 heterocycles. The number of likely N-dealkylation sites (N-methyl/N-ethyl adjacent to an activating group) is 1. The monoisotopic (exact) mass is 236 g/mol. The van der Waals surface area contributed by atoms with Crippen molar-refractivity contribution in [2.24, 2.45) is 0 Å². The van der Waals surface area contributed by atoms with Gasteiger partial charge in [0.1, 0.15) is 6.04 Å². The number of hydrogen-bond acceptors (Lipinski definition) is 3. The number of aliphatic carboxylic acids is 1. The number of aryl methyl sites for hydroxylation is 1. The van der Waals surface area contributed by atoms with Crippen molar-refractivity contribution in [2.75, 3.05) is 13.6 Å². The maximum Gasteiger partial charge on any atom is 0.322 e. The summed E-state index contributed by atoms with van der Waals surface area (Å²) < 4.78 is 0. The van der Waals surface area contributed by atoms with Gasteiger partial charge in [-0.25, -0.2) is 0 Å². The van der Waals surface area contributed by atoms with Gasteiger partial charge in [-0.3, -0.25) is 4.79 Å². The van der Waals surface area contributed by atoms with Gasteiger partial charge in [-0.1, -0.05) is 31.2 Å². The van der Waals surface area contributed by atoms with E-state index in [0.717, 1.165) is 6.42 Å². The Hall–Kier alpha value is -1.39. The third-order valence-corrected chi connectivity index (χ3v) is 2.76. The van der Waals surface area contributed by atoms with Gasteiger partial charge < -0.3 is 15.7 Å². The fraction of sp³-hybridized carbons (Fsp3) is 0.462. The average molecular weight is 236 g/mol. The largest absolute Gasteiger partial charge is 0.480 e. The minimum absolute atomic E-state index is 0.418. The predicted octanol–water partition coefficient (Wildman–Crippen LogP) is 1.01. The van der Waals surface area contributed by atoms with E-state index in [1.54, 1.807) is 7.05 Å². The van der Waals surface area contributed by atoms with E-state index < -0.39 is 12.0 Å². The molecule has 4 nitrogen and oxygen atoms in total. The van der Waals surface area contributed by atoms with Gasteiger partial charge in [0.05, 0.1) is 0 Å². The highest BCUT2D eigenvalue weighted by molar-refractivity contribution is 5.73. The van der Waals surface area contributed by atoms with Crippen molar-refractivity contribution in [3.05, 3.63) is 35.4 Å². The molecule has 0 amide bonds. The van der Waals surface area contributed by atoms with Crippen LogP contribution in [0.3, 0.4) is 0 Å². The lowest BCUT2D eigenvalue weighted by Crippen LogP contribution is -2.42. The number of carboxylic acids is 1. The van der Waals surface area contributed by atoms with Crippen LogP contribution in [0.5, 0.6) is 0 Å². The minimum Gasteiger partial charge on any atom is -0.480 e. The molecule has 0 saturated carbocycles. The summed E-state index contributed by atoms with van der Waals surface area (Å²) >= 11 is 0. The van der Waals surface area contributed by atoms with Crippen LogP contribution < -0.4 is 10.6 Å². The molecule has 1 unspecified atom stereocenters. The van der Waals surface area contributed by atoms with Crippen molar-refractivity contribution in [3.8, 4) is 0 Å². The van der Waals surface area contributed by atoms with Crippen LogP contribution in [0.15, 0.2) is 24.3 Å². The molecule has 1 rings (SSSR count). The van der Waals surface area contributed by atoms with Gasteiger partial charge in [0.2, 0.25) is 0 Å². The predicted molar refractivity (Wildman–Crippen MR) is 68.0 cm³/mol. The summed E-state index contributed by atoms with van der Waals surface area (Å²) in [6, 6.07) is 7.81. The first-order chi connectivity index (χ1) is 8.17. The minimum atomic E-state index is -0.832. The Morgan fingerprint density at radius 2 is 1.88 bits per heavy atom. The zero-order valence-electron chi connectivity index (χ0n) is 10.4. The highest BCUT2D eigenvalue weighted by Gasteiger charge is 2.13. The van der Waals surface area contributed by atoms with Gasteiger partial charge >= 0.3 is 5.97 Å². The van der Waals surface area contributed by atoms with Crippen molar-refractivity contribution in [1.82, 2.24) is 10.6 Å². The number of carbonyl (C=O) groups is 1. The zero-order chi connectivity index (χ0) is 12.7. The average Bonchev–Trinajstić information content (AvgIpc) is 2.35. The Labute approximate surface area is 102 Å². The molecule has 0 bridgehead atoms. The van der Waals surface area contributed by atoms with Crippen LogP contribution in [-0.4, -0.2) is 30.7 Å². The van der Waals surface area contributed by atoms with E-state index in [0.29, 0.717) is 13.1 Å². The molecule has 4 heteroatoms. The third-order valence-electron chi connectivity index (χ3n) is 2.76. The number of carboxylic acid groups (broad SMARTS) is 1. The fourth-order valence-electron chi connectivity index (χ4n) is 1.57. The van der Waals surface area contributed by atoms with Crippen molar-refractivity contribution in [2.45, 2.75) is 25.9 Å². The zero-order valence-corrected chi connectivity index (χ0v) is 10.4. The number of nitrogens with one attached hydrogen (secondary N) is 2. The molecular weight excluding hydrogens is 216 g/mol. The molecule has 0 fully saturated rings. The molecule has 0 aliphatic carbocycles. The lowest BCUT2D eigenvalue weighted by Gasteiger charge is -2.12. The molecule has 1 aromatic carbocycles. The topological polar surface area (TPSA) is 61.4 Å². The third kappa shape index (κ3) is 4.54. The Balaban J connectivity index is 2.37. The molecule has 17 heavy (non-hydrogen) atoms. The molecule has 0 radical (unpaired) electrons. The van der Waals surface area contributed by atoms with E-state index in [9.17, 15) is 4.79 Å². The van der Waals surface area contributed by atoms with E-state index in [-0.39, 0.29) is 0 Å². The molecule has 0 aliphatic rings. The number of rotatable bonds is 7. The van der Waals surface area contributed by atoms with E-state index in [4.69, 9.17) is 5.11 Å². The van der Waals surface area contributed by atoms with Crippen LogP contribution in [0.1, 0.15) is 18.1 Å². The Kier molecular flexibility index (Phi) is 5.66. The molecule has 0 aromatic heterocycles. The highest BCUT2D eigenvalue weighted by atomic mass is 16.4. The van der Waals surface area contributed by atoms with Crippen LogP contribution >= 0.6 is 0 Å². The molecular formula is C13H20N2O2. The molecule has 0 aliphatic heterocycles. The summed E-state index contributed by atoms with van der Waals surface area (Å²) in [5.74, 6) is -0.832. The van der Waals surface area contributed by atoms with Gasteiger partial charge in [0.25, 0.3) is 0 Å². The van der Waals surface area contributed by atoms with E-state index in [2.05, 4.69) is 41.8 Å². The fourth-order valence-corrected chi connectivity index (χ4v) is 1.57. The summed E-state index contributed by atoms with van der Waals surface area (Å²) in [5, 5.41) is 14.7. The van der Waals surface area contributed by atoms with Crippen LogP contribution in [0.4, 0.5) is 0 Å². The van der Waals surface area contributed by atoms with Crippen LogP contribution in [0, 0.1) is 0 Å². The number of hydrogen-bond donors (Lipinski definition) is 3. The number of benzene rings is 1. The molecule has 0 saturated heterocycles.